The molecule has 0 radical (unpaired) electrons. The van der Waals surface area contributed by atoms with Gasteiger partial charge in [-0.05, 0) is 31.6 Å². The first-order valence-electron chi connectivity index (χ1n) is 7.85. The van der Waals surface area contributed by atoms with Crippen LogP contribution >= 0.6 is 0 Å². The van der Waals surface area contributed by atoms with Crippen LogP contribution in [0.25, 0.3) is 0 Å². The van der Waals surface area contributed by atoms with Crippen molar-refractivity contribution in [2.24, 2.45) is 5.92 Å². The summed E-state index contributed by atoms with van der Waals surface area (Å²) in [6.45, 7) is 4.05. The highest BCUT2D eigenvalue weighted by molar-refractivity contribution is 6.00. The minimum absolute atomic E-state index is 0.0494. The fraction of sp³-hybridized carbons (Fsp3) is 0.750. The van der Waals surface area contributed by atoms with Crippen LogP contribution in [0.15, 0.2) is 12.2 Å². The Kier molecular flexibility index (Phi) is 3.35. The Labute approximate surface area is 120 Å². The van der Waals surface area contributed by atoms with Gasteiger partial charge in [0.2, 0.25) is 11.8 Å². The van der Waals surface area contributed by atoms with Crippen LogP contribution < -0.4 is 5.32 Å². The van der Waals surface area contributed by atoms with Crippen LogP contribution in [0.5, 0.6) is 0 Å². The van der Waals surface area contributed by atoms with Gasteiger partial charge in [0.15, 0.2) is 0 Å². The third-order valence-electron chi connectivity index (χ3n) is 5.04. The maximum Gasteiger partial charge on any atom is 0.249 e. The normalized spacial score (nSPS) is 29.8. The van der Waals surface area contributed by atoms with Gasteiger partial charge in [-0.2, -0.15) is 0 Å². The van der Waals surface area contributed by atoms with E-state index in [0.29, 0.717) is 0 Å². The molecule has 4 heteroatoms. The lowest BCUT2D eigenvalue weighted by Gasteiger charge is -2.48. The molecule has 3 aliphatic rings. The molecule has 4 nitrogen and oxygen atoms in total. The Morgan fingerprint density at radius 1 is 1.20 bits per heavy atom. The van der Waals surface area contributed by atoms with E-state index in [1.54, 1.807) is 0 Å². The number of hydrogen-bond donors (Lipinski definition) is 1. The molecule has 1 saturated heterocycles. The second kappa shape index (κ2) is 4.90. The van der Waals surface area contributed by atoms with E-state index in [4.69, 9.17) is 0 Å². The van der Waals surface area contributed by atoms with E-state index in [0.717, 1.165) is 38.5 Å². The zero-order chi connectivity index (χ0) is 14.3. The molecule has 110 valence electrons. The lowest BCUT2D eigenvalue weighted by molar-refractivity contribution is -0.159. The summed E-state index contributed by atoms with van der Waals surface area (Å²) >= 11 is 0. The van der Waals surface area contributed by atoms with Gasteiger partial charge in [0.25, 0.3) is 0 Å². The molecule has 2 aliphatic carbocycles. The number of carbonyl (C=O) groups excluding carboxylic acids is 2. The fourth-order valence-electron chi connectivity index (χ4n) is 4.03. The molecule has 2 fully saturated rings. The first-order valence-corrected chi connectivity index (χ1v) is 7.85. The van der Waals surface area contributed by atoms with Crippen LogP contribution in [0.1, 0.15) is 52.4 Å². The molecule has 2 amide bonds. The van der Waals surface area contributed by atoms with E-state index in [1.807, 2.05) is 18.7 Å². The molecule has 1 atom stereocenters. The average molecular weight is 276 g/mol. The summed E-state index contributed by atoms with van der Waals surface area (Å²) in [7, 11) is 0. The van der Waals surface area contributed by atoms with Crippen molar-refractivity contribution in [1.29, 1.82) is 0 Å². The fourth-order valence-corrected chi connectivity index (χ4v) is 4.03. The Morgan fingerprint density at radius 3 is 2.35 bits per heavy atom. The second-order valence-electron chi connectivity index (χ2n) is 6.78. The summed E-state index contributed by atoms with van der Waals surface area (Å²) in [4.78, 5) is 27.6. The molecule has 0 aromatic heterocycles. The predicted molar refractivity (Wildman–Crippen MR) is 77.0 cm³/mol. The van der Waals surface area contributed by atoms with Crippen molar-refractivity contribution in [3.8, 4) is 0 Å². The molecule has 1 aliphatic heterocycles. The highest BCUT2D eigenvalue weighted by Crippen LogP contribution is 2.38. The largest absolute Gasteiger partial charge is 0.340 e. The molecule has 1 saturated carbocycles. The van der Waals surface area contributed by atoms with E-state index in [1.165, 1.54) is 0 Å². The van der Waals surface area contributed by atoms with E-state index in [9.17, 15) is 9.59 Å². The molecule has 0 aromatic carbocycles. The smallest absolute Gasteiger partial charge is 0.249 e. The lowest BCUT2D eigenvalue weighted by Crippen LogP contribution is -2.72. The summed E-state index contributed by atoms with van der Waals surface area (Å²) < 4.78 is 0. The van der Waals surface area contributed by atoms with E-state index >= 15 is 0 Å². The summed E-state index contributed by atoms with van der Waals surface area (Å²) in [6, 6.07) is -0.128. The van der Waals surface area contributed by atoms with Gasteiger partial charge < -0.3 is 10.2 Å². The molecule has 0 aromatic rings. The third-order valence-corrected chi connectivity index (χ3v) is 5.04. The minimum Gasteiger partial charge on any atom is -0.340 e. The summed E-state index contributed by atoms with van der Waals surface area (Å²) in [5.41, 5.74) is -0.592. The van der Waals surface area contributed by atoms with E-state index in [2.05, 4.69) is 17.5 Å². The molecule has 3 rings (SSSR count). The Balaban J connectivity index is 1.94. The van der Waals surface area contributed by atoms with Crippen molar-refractivity contribution in [3.05, 3.63) is 12.2 Å². The number of hydrogen-bond acceptors (Lipinski definition) is 2. The van der Waals surface area contributed by atoms with Crippen LogP contribution in [-0.4, -0.2) is 34.3 Å². The SMILES string of the molecule is CC(C)C1C(=O)NC2(CCCC2)C(=O)N1C1CC=CC1. The van der Waals surface area contributed by atoms with Crippen LogP contribution in [0.2, 0.25) is 0 Å². The summed E-state index contributed by atoms with van der Waals surface area (Å²) in [5, 5.41) is 3.08. The quantitative estimate of drug-likeness (QED) is 0.784. The van der Waals surface area contributed by atoms with Crippen LogP contribution in [0.4, 0.5) is 0 Å². The standard InChI is InChI=1S/C16H24N2O2/c1-11(2)13-14(19)17-16(9-5-6-10-16)15(20)18(13)12-7-3-4-8-12/h3-4,11-13H,5-10H2,1-2H3,(H,17,19). The van der Waals surface area contributed by atoms with E-state index < -0.39 is 5.54 Å². The van der Waals surface area contributed by atoms with Crippen molar-refractivity contribution in [1.82, 2.24) is 10.2 Å². The van der Waals surface area contributed by atoms with Gasteiger partial charge in [-0.3, -0.25) is 9.59 Å². The first-order chi connectivity index (χ1) is 9.55. The molecule has 20 heavy (non-hydrogen) atoms. The number of piperazine rings is 1. The lowest BCUT2D eigenvalue weighted by atomic mass is 9.86. The highest BCUT2D eigenvalue weighted by atomic mass is 16.2. The van der Waals surface area contributed by atoms with Crippen molar-refractivity contribution >= 4 is 11.8 Å². The van der Waals surface area contributed by atoms with Gasteiger partial charge >= 0.3 is 0 Å². The van der Waals surface area contributed by atoms with Crippen LogP contribution in [0.3, 0.4) is 0 Å². The molecular weight excluding hydrogens is 252 g/mol. The van der Waals surface area contributed by atoms with Gasteiger partial charge in [0.1, 0.15) is 11.6 Å². The number of rotatable bonds is 2. The Morgan fingerprint density at radius 2 is 1.80 bits per heavy atom. The van der Waals surface area contributed by atoms with Crippen molar-refractivity contribution in [2.45, 2.75) is 70.0 Å². The number of nitrogens with zero attached hydrogens (tertiary/aromatic N) is 1. The highest BCUT2D eigenvalue weighted by Gasteiger charge is 2.54. The van der Waals surface area contributed by atoms with Crippen molar-refractivity contribution < 1.29 is 9.59 Å². The van der Waals surface area contributed by atoms with Gasteiger partial charge in [0.05, 0.1) is 0 Å². The zero-order valence-corrected chi connectivity index (χ0v) is 12.4. The van der Waals surface area contributed by atoms with Crippen molar-refractivity contribution in [2.75, 3.05) is 0 Å². The molecule has 1 N–H and O–H groups in total. The molecule has 1 spiro atoms. The third kappa shape index (κ3) is 1.97. The molecule has 0 bridgehead atoms. The maximum absolute atomic E-state index is 13.1. The summed E-state index contributed by atoms with van der Waals surface area (Å²) in [6.07, 6.45) is 9.71. The first kappa shape index (κ1) is 13.7. The van der Waals surface area contributed by atoms with Gasteiger partial charge in [-0.1, -0.05) is 38.8 Å². The molecular formula is C16H24N2O2. The predicted octanol–water partition coefficient (Wildman–Crippen LogP) is 2.00. The second-order valence-corrected chi connectivity index (χ2v) is 6.78. The monoisotopic (exact) mass is 276 g/mol. The number of carbonyl (C=O) groups is 2. The van der Waals surface area contributed by atoms with E-state index in [-0.39, 0.29) is 29.8 Å². The van der Waals surface area contributed by atoms with Gasteiger partial charge in [-0.15, -0.1) is 0 Å². The molecule has 1 unspecified atom stereocenters. The Hall–Kier alpha value is -1.32. The molecule has 1 heterocycles. The topological polar surface area (TPSA) is 49.4 Å². The van der Waals surface area contributed by atoms with Gasteiger partial charge in [-0.25, -0.2) is 0 Å². The van der Waals surface area contributed by atoms with Gasteiger partial charge in [0, 0.05) is 6.04 Å². The zero-order valence-electron chi connectivity index (χ0n) is 12.4. The average Bonchev–Trinajstić information content (AvgIpc) is 3.04. The Bertz CT molecular complexity index is 441. The van der Waals surface area contributed by atoms with Crippen LogP contribution in [0, 0.1) is 5.92 Å². The number of nitrogens with one attached hydrogen (secondary N) is 1. The van der Waals surface area contributed by atoms with Crippen molar-refractivity contribution in [3.63, 3.8) is 0 Å². The minimum atomic E-state index is -0.592. The summed E-state index contributed by atoms with van der Waals surface area (Å²) in [5.74, 6) is 0.369. The maximum atomic E-state index is 13.1. The van der Waals surface area contributed by atoms with Crippen LogP contribution in [-0.2, 0) is 9.59 Å². The number of amides is 2.